The quantitative estimate of drug-likeness (QED) is 0.588. The van der Waals surface area contributed by atoms with Gasteiger partial charge in [0.15, 0.2) is 0 Å². The summed E-state index contributed by atoms with van der Waals surface area (Å²) in [5.74, 6) is -0.759. The van der Waals surface area contributed by atoms with Crippen LogP contribution in [0.5, 0.6) is 0 Å². The van der Waals surface area contributed by atoms with Gasteiger partial charge in [-0.2, -0.15) is 0 Å². The van der Waals surface area contributed by atoms with Crippen LogP contribution in [0.25, 0.3) is 11.1 Å². The zero-order chi connectivity index (χ0) is 23.7. The van der Waals surface area contributed by atoms with E-state index in [9.17, 15) is 14.0 Å². The van der Waals surface area contributed by atoms with Crippen molar-refractivity contribution in [3.8, 4) is 11.1 Å². The van der Waals surface area contributed by atoms with Crippen molar-refractivity contribution in [2.75, 3.05) is 18.5 Å². The molecular weight excluding hydrogens is 445 g/mol. The number of nitrogens with one attached hydrogen (secondary N) is 1. The van der Waals surface area contributed by atoms with Crippen LogP contribution in [-0.2, 0) is 20.9 Å². The van der Waals surface area contributed by atoms with Crippen LogP contribution in [0.15, 0.2) is 54.1 Å². The Bertz CT molecular complexity index is 1250. The molecule has 4 heterocycles. The van der Waals surface area contributed by atoms with Gasteiger partial charge in [0, 0.05) is 37.0 Å². The van der Waals surface area contributed by atoms with E-state index >= 15 is 0 Å². The van der Waals surface area contributed by atoms with Crippen molar-refractivity contribution in [2.45, 2.75) is 25.2 Å². The van der Waals surface area contributed by atoms with Gasteiger partial charge in [-0.05, 0) is 24.3 Å². The van der Waals surface area contributed by atoms with E-state index < -0.39 is 24.1 Å². The van der Waals surface area contributed by atoms with Crippen LogP contribution in [0.4, 0.5) is 14.9 Å². The van der Waals surface area contributed by atoms with Gasteiger partial charge >= 0.3 is 6.09 Å². The highest BCUT2D eigenvalue weighted by Crippen LogP contribution is 2.29. The molecular formula is C22H20FN7O4. The van der Waals surface area contributed by atoms with Gasteiger partial charge in [-0.3, -0.25) is 14.7 Å². The van der Waals surface area contributed by atoms with Crippen molar-refractivity contribution in [2.24, 2.45) is 5.16 Å². The monoisotopic (exact) mass is 465 g/mol. The highest BCUT2D eigenvalue weighted by atomic mass is 19.1. The number of benzene rings is 1. The average Bonchev–Trinajstić information content (AvgIpc) is 3.61. The molecule has 2 aromatic heterocycles. The zero-order valence-electron chi connectivity index (χ0n) is 18.1. The van der Waals surface area contributed by atoms with Crippen molar-refractivity contribution in [3.63, 3.8) is 0 Å². The van der Waals surface area contributed by atoms with Crippen LogP contribution < -0.4 is 10.2 Å². The van der Waals surface area contributed by atoms with E-state index in [1.165, 1.54) is 24.2 Å². The summed E-state index contributed by atoms with van der Waals surface area (Å²) in [6.07, 6.45) is 3.41. The minimum atomic E-state index is -0.681. The molecule has 2 amide bonds. The third kappa shape index (κ3) is 4.17. The highest BCUT2D eigenvalue weighted by molar-refractivity contribution is 6.02. The molecule has 1 fully saturated rings. The molecule has 3 aromatic rings. The minimum Gasteiger partial charge on any atom is -0.442 e. The first-order valence-electron chi connectivity index (χ1n) is 10.5. The molecule has 2 unspecified atom stereocenters. The fraction of sp³-hybridized carbons (Fsp3) is 0.273. The smallest absolute Gasteiger partial charge is 0.414 e. The van der Waals surface area contributed by atoms with Crippen molar-refractivity contribution in [1.29, 1.82) is 0 Å². The maximum absolute atomic E-state index is 15.0. The van der Waals surface area contributed by atoms with E-state index in [0.29, 0.717) is 41.2 Å². The summed E-state index contributed by atoms with van der Waals surface area (Å²) in [4.78, 5) is 34.9. The molecule has 2 aliphatic rings. The molecule has 12 heteroatoms. The number of aromatic nitrogens is 4. The van der Waals surface area contributed by atoms with Crippen molar-refractivity contribution in [3.05, 3.63) is 60.4 Å². The Kier molecular flexibility index (Phi) is 5.62. The van der Waals surface area contributed by atoms with Crippen molar-refractivity contribution < 1.29 is 23.6 Å². The Morgan fingerprint density at radius 2 is 2.18 bits per heavy atom. The molecule has 1 N–H and O–H groups in total. The number of carbonyl (C=O) groups is 2. The lowest BCUT2D eigenvalue weighted by molar-refractivity contribution is -0.130. The van der Waals surface area contributed by atoms with Crippen molar-refractivity contribution in [1.82, 2.24) is 25.3 Å². The van der Waals surface area contributed by atoms with E-state index in [4.69, 9.17) is 9.57 Å². The number of amides is 2. The number of rotatable bonds is 6. The van der Waals surface area contributed by atoms with Gasteiger partial charge in [-0.15, -0.1) is 5.10 Å². The molecule has 0 bridgehead atoms. The SMILES string of the molecule is CNC(=O)C1CC(c2ccc(-c3ccc(N4CC(Cn5ccnn5)OC4=O)cc3F)cn2)=NO1. The fourth-order valence-electron chi connectivity index (χ4n) is 3.83. The second-order valence-corrected chi connectivity index (χ2v) is 7.79. The Labute approximate surface area is 193 Å². The van der Waals surface area contributed by atoms with Crippen LogP contribution in [0.1, 0.15) is 12.1 Å². The van der Waals surface area contributed by atoms with E-state index in [2.05, 4.69) is 25.8 Å². The lowest BCUT2D eigenvalue weighted by atomic mass is 10.0. The predicted octanol–water partition coefficient (Wildman–Crippen LogP) is 1.74. The lowest BCUT2D eigenvalue weighted by Crippen LogP contribution is -2.31. The van der Waals surface area contributed by atoms with Crippen LogP contribution in [0, 0.1) is 5.82 Å². The molecule has 1 aromatic carbocycles. The summed E-state index contributed by atoms with van der Waals surface area (Å²) < 4.78 is 21.9. The first-order chi connectivity index (χ1) is 16.5. The Morgan fingerprint density at radius 1 is 1.29 bits per heavy atom. The lowest BCUT2D eigenvalue weighted by Gasteiger charge is -2.14. The second-order valence-electron chi connectivity index (χ2n) is 7.79. The number of cyclic esters (lactones) is 1. The largest absolute Gasteiger partial charge is 0.442 e. The summed E-state index contributed by atoms with van der Waals surface area (Å²) in [6, 6.07) is 7.97. The number of pyridine rings is 1. The Hall–Kier alpha value is -4.35. The first-order valence-corrected chi connectivity index (χ1v) is 10.5. The van der Waals surface area contributed by atoms with Gasteiger partial charge in [0.05, 0.1) is 30.7 Å². The average molecular weight is 465 g/mol. The number of anilines is 1. The van der Waals surface area contributed by atoms with Gasteiger partial charge in [0.25, 0.3) is 5.91 Å². The van der Waals surface area contributed by atoms with E-state index in [0.717, 1.165) is 0 Å². The third-order valence-corrected chi connectivity index (χ3v) is 5.58. The number of likely N-dealkylation sites (N-methyl/N-ethyl adjacent to an activating group) is 1. The molecule has 0 saturated carbocycles. The number of ether oxygens (including phenoxy) is 1. The first kappa shape index (κ1) is 21.5. The van der Waals surface area contributed by atoms with Crippen LogP contribution in [0.2, 0.25) is 0 Å². The molecule has 174 valence electrons. The molecule has 0 radical (unpaired) electrons. The summed E-state index contributed by atoms with van der Waals surface area (Å²) in [5, 5.41) is 14.0. The van der Waals surface area contributed by atoms with E-state index in [1.54, 1.807) is 41.3 Å². The number of halogens is 1. The summed E-state index contributed by atoms with van der Waals surface area (Å²) in [7, 11) is 1.53. The molecule has 0 spiro atoms. The van der Waals surface area contributed by atoms with Gasteiger partial charge in [-0.25, -0.2) is 13.9 Å². The minimum absolute atomic E-state index is 0.260. The summed E-state index contributed by atoms with van der Waals surface area (Å²) in [5.41, 5.74) is 2.38. The topological polar surface area (TPSA) is 124 Å². The van der Waals surface area contributed by atoms with Gasteiger partial charge in [0.1, 0.15) is 17.6 Å². The van der Waals surface area contributed by atoms with Gasteiger partial charge in [0.2, 0.25) is 6.10 Å². The van der Waals surface area contributed by atoms with Crippen LogP contribution >= 0.6 is 0 Å². The van der Waals surface area contributed by atoms with E-state index in [-0.39, 0.29) is 12.5 Å². The third-order valence-electron chi connectivity index (χ3n) is 5.58. The maximum atomic E-state index is 15.0. The normalized spacial score (nSPS) is 19.5. The Morgan fingerprint density at radius 3 is 2.88 bits per heavy atom. The predicted molar refractivity (Wildman–Crippen MR) is 117 cm³/mol. The fourth-order valence-corrected chi connectivity index (χ4v) is 3.83. The maximum Gasteiger partial charge on any atom is 0.414 e. The number of oxime groups is 1. The number of carbonyl (C=O) groups excluding carboxylic acids is 2. The molecule has 1 saturated heterocycles. The van der Waals surface area contributed by atoms with Crippen LogP contribution in [-0.4, -0.2) is 63.5 Å². The molecule has 34 heavy (non-hydrogen) atoms. The molecule has 5 rings (SSSR count). The number of hydrogen-bond acceptors (Lipinski definition) is 8. The van der Waals surface area contributed by atoms with Gasteiger partial charge < -0.3 is 14.9 Å². The Balaban J connectivity index is 1.28. The standard InChI is InChI=1S/C22H20FN7O4/c1-24-21(31)20-9-19(27-34-20)18-5-2-13(10-25-18)16-4-3-14(8-17(16)23)30-12-15(33-22(30)32)11-29-7-6-26-28-29/h2-8,10,15,20H,9,11-12H2,1H3,(H,24,31). The molecule has 0 aliphatic carbocycles. The number of nitrogens with zero attached hydrogens (tertiary/aromatic N) is 6. The molecule has 11 nitrogen and oxygen atoms in total. The molecule has 2 atom stereocenters. The second kappa shape index (κ2) is 8.89. The van der Waals surface area contributed by atoms with Crippen molar-refractivity contribution >= 4 is 23.4 Å². The summed E-state index contributed by atoms with van der Waals surface area (Å²) in [6.45, 7) is 0.635. The van der Waals surface area contributed by atoms with Crippen LogP contribution in [0.3, 0.4) is 0 Å². The molecule has 2 aliphatic heterocycles. The van der Waals surface area contributed by atoms with Gasteiger partial charge in [-0.1, -0.05) is 16.4 Å². The summed E-state index contributed by atoms with van der Waals surface area (Å²) >= 11 is 0. The van der Waals surface area contributed by atoms with E-state index in [1.807, 2.05) is 0 Å². The zero-order valence-corrected chi connectivity index (χ0v) is 18.1. The highest BCUT2D eigenvalue weighted by Gasteiger charge is 2.33. The number of hydrogen-bond donors (Lipinski definition) is 1.